The summed E-state index contributed by atoms with van der Waals surface area (Å²) in [5.41, 5.74) is 1.27. The van der Waals surface area contributed by atoms with Crippen molar-refractivity contribution in [2.45, 2.75) is 38.3 Å². The molecule has 1 fully saturated rings. The standard InChI is InChI=1S/C12H17NO2/c1-12(5-2-6-12)13-8-9-3-4-10(14)11(15)7-9/h3-4,7,13-15H,2,5-6,8H2,1H3. The second kappa shape index (κ2) is 3.74. The maximum absolute atomic E-state index is 9.32. The van der Waals surface area contributed by atoms with Gasteiger partial charge in [-0.2, -0.15) is 0 Å². The van der Waals surface area contributed by atoms with Crippen molar-refractivity contribution in [3.63, 3.8) is 0 Å². The highest BCUT2D eigenvalue weighted by molar-refractivity contribution is 5.40. The molecule has 0 atom stereocenters. The summed E-state index contributed by atoms with van der Waals surface area (Å²) in [4.78, 5) is 0. The van der Waals surface area contributed by atoms with Crippen LogP contribution in [0.1, 0.15) is 31.7 Å². The van der Waals surface area contributed by atoms with Crippen molar-refractivity contribution in [1.82, 2.24) is 5.32 Å². The van der Waals surface area contributed by atoms with Crippen LogP contribution in [0.4, 0.5) is 0 Å². The summed E-state index contributed by atoms with van der Waals surface area (Å²) in [5.74, 6) is -0.110. The molecule has 1 aromatic carbocycles. The number of nitrogens with one attached hydrogen (secondary N) is 1. The average molecular weight is 207 g/mol. The first kappa shape index (κ1) is 10.3. The Morgan fingerprint density at radius 2 is 2.00 bits per heavy atom. The van der Waals surface area contributed by atoms with Crippen molar-refractivity contribution in [1.29, 1.82) is 0 Å². The predicted molar refractivity (Wildman–Crippen MR) is 58.9 cm³/mol. The normalized spacial score (nSPS) is 18.5. The van der Waals surface area contributed by atoms with E-state index in [9.17, 15) is 5.11 Å². The quantitative estimate of drug-likeness (QED) is 0.665. The zero-order chi connectivity index (χ0) is 10.9. The first-order chi connectivity index (χ1) is 7.09. The summed E-state index contributed by atoms with van der Waals surface area (Å²) < 4.78 is 0. The van der Waals surface area contributed by atoms with Gasteiger partial charge in [-0.15, -0.1) is 0 Å². The lowest BCUT2D eigenvalue weighted by Crippen LogP contribution is -2.47. The maximum Gasteiger partial charge on any atom is 0.157 e. The summed E-state index contributed by atoms with van der Waals surface area (Å²) in [6.07, 6.45) is 3.73. The molecule has 0 spiro atoms. The third-order valence-electron chi connectivity index (χ3n) is 3.22. The molecule has 3 N–H and O–H groups in total. The Balaban J connectivity index is 1.96. The van der Waals surface area contributed by atoms with Crippen molar-refractivity contribution in [3.05, 3.63) is 23.8 Å². The van der Waals surface area contributed by atoms with Crippen LogP contribution in [0.2, 0.25) is 0 Å². The van der Waals surface area contributed by atoms with Crippen molar-refractivity contribution < 1.29 is 10.2 Å². The summed E-state index contributed by atoms with van der Waals surface area (Å²) in [7, 11) is 0. The maximum atomic E-state index is 9.32. The van der Waals surface area contributed by atoms with E-state index < -0.39 is 0 Å². The van der Waals surface area contributed by atoms with Crippen LogP contribution in [0.5, 0.6) is 11.5 Å². The molecule has 0 amide bonds. The second-order valence-electron chi connectivity index (χ2n) is 4.59. The third kappa shape index (κ3) is 2.23. The van der Waals surface area contributed by atoms with E-state index in [0.717, 1.165) is 12.1 Å². The fourth-order valence-corrected chi connectivity index (χ4v) is 1.88. The smallest absolute Gasteiger partial charge is 0.157 e. The Morgan fingerprint density at radius 1 is 1.27 bits per heavy atom. The number of phenolic OH excluding ortho intramolecular Hbond substituents is 2. The Kier molecular flexibility index (Phi) is 2.57. The molecule has 15 heavy (non-hydrogen) atoms. The minimum atomic E-state index is -0.0615. The summed E-state index contributed by atoms with van der Waals surface area (Å²) in [6, 6.07) is 4.95. The number of benzene rings is 1. The topological polar surface area (TPSA) is 52.5 Å². The van der Waals surface area contributed by atoms with E-state index in [0.29, 0.717) is 0 Å². The number of hydrogen-bond acceptors (Lipinski definition) is 3. The molecule has 3 nitrogen and oxygen atoms in total. The molecule has 82 valence electrons. The molecule has 0 aliphatic heterocycles. The van der Waals surface area contributed by atoms with Crippen LogP contribution in [-0.4, -0.2) is 15.8 Å². The third-order valence-corrected chi connectivity index (χ3v) is 3.22. The molecule has 0 unspecified atom stereocenters. The van der Waals surface area contributed by atoms with Crippen LogP contribution in [-0.2, 0) is 6.54 Å². The van der Waals surface area contributed by atoms with Crippen LogP contribution in [0.25, 0.3) is 0 Å². The molecule has 0 bridgehead atoms. The van der Waals surface area contributed by atoms with Gasteiger partial charge in [-0.1, -0.05) is 6.07 Å². The van der Waals surface area contributed by atoms with Crippen LogP contribution < -0.4 is 5.32 Å². The second-order valence-corrected chi connectivity index (χ2v) is 4.59. The molecule has 0 aromatic heterocycles. The number of aromatic hydroxyl groups is 2. The first-order valence-electron chi connectivity index (χ1n) is 5.35. The Hall–Kier alpha value is -1.22. The lowest BCUT2D eigenvalue weighted by atomic mass is 9.78. The van der Waals surface area contributed by atoms with Crippen molar-refractivity contribution in [2.24, 2.45) is 0 Å². The minimum absolute atomic E-state index is 0.0481. The van der Waals surface area contributed by atoms with Gasteiger partial charge in [0.2, 0.25) is 0 Å². The van der Waals surface area contributed by atoms with Gasteiger partial charge < -0.3 is 15.5 Å². The molecule has 0 radical (unpaired) electrons. The fourth-order valence-electron chi connectivity index (χ4n) is 1.88. The van der Waals surface area contributed by atoms with Gasteiger partial charge in [0.15, 0.2) is 11.5 Å². The van der Waals surface area contributed by atoms with Gasteiger partial charge in [0.25, 0.3) is 0 Å². The minimum Gasteiger partial charge on any atom is -0.504 e. The number of hydrogen-bond donors (Lipinski definition) is 3. The van der Waals surface area contributed by atoms with Crippen LogP contribution in [0.15, 0.2) is 18.2 Å². The van der Waals surface area contributed by atoms with E-state index in [4.69, 9.17) is 5.11 Å². The molecule has 0 saturated heterocycles. The molecule has 1 aliphatic carbocycles. The van der Waals surface area contributed by atoms with Gasteiger partial charge in [-0.05, 0) is 43.9 Å². The Labute approximate surface area is 89.8 Å². The van der Waals surface area contributed by atoms with Gasteiger partial charge in [0, 0.05) is 12.1 Å². The molecule has 1 aliphatic rings. The average Bonchev–Trinajstić information content (AvgIpc) is 2.17. The van der Waals surface area contributed by atoms with Crippen molar-refractivity contribution in [3.8, 4) is 11.5 Å². The molecule has 2 rings (SSSR count). The predicted octanol–water partition coefficient (Wildman–Crippen LogP) is 2.13. The number of phenols is 2. The van der Waals surface area contributed by atoms with Gasteiger partial charge in [-0.3, -0.25) is 0 Å². The first-order valence-corrected chi connectivity index (χ1v) is 5.35. The van der Waals surface area contributed by atoms with E-state index in [2.05, 4.69) is 12.2 Å². The molecule has 3 heteroatoms. The van der Waals surface area contributed by atoms with E-state index in [-0.39, 0.29) is 17.0 Å². The molecular weight excluding hydrogens is 190 g/mol. The van der Waals surface area contributed by atoms with Gasteiger partial charge >= 0.3 is 0 Å². The monoisotopic (exact) mass is 207 g/mol. The van der Waals surface area contributed by atoms with E-state index in [1.165, 1.54) is 25.3 Å². The van der Waals surface area contributed by atoms with Crippen molar-refractivity contribution in [2.75, 3.05) is 0 Å². The van der Waals surface area contributed by atoms with Crippen LogP contribution >= 0.6 is 0 Å². The zero-order valence-corrected chi connectivity index (χ0v) is 8.95. The van der Waals surface area contributed by atoms with Crippen molar-refractivity contribution >= 4 is 0 Å². The van der Waals surface area contributed by atoms with Gasteiger partial charge in [0.05, 0.1) is 0 Å². The lowest BCUT2D eigenvalue weighted by Gasteiger charge is -2.39. The molecular formula is C12H17NO2. The van der Waals surface area contributed by atoms with Gasteiger partial charge in [0.1, 0.15) is 0 Å². The summed E-state index contributed by atoms with van der Waals surface area (Å²) in [6.45, 7) is 2.96. The Morgan fingerprint density at radius 3 is 2.53 bits per heavy atom. The highest BCUT2D eigenvalue weighted by Gasteiger charge is 2.30. The van der Waals surface area contributed by atoms with Crippen LogP contribution in [0, 0.1) is 0 Å². The highest BCUT2D eigenvalue weighted by atomic mass is 16.3. The van der Waals surface area contributed by atoms with Gasteiger partial charge in [-0.25, -0.2) is 0 Å². The summed E-state index contributed by atoms with van der Waals surface area (Å²) in [5, 5.41) is 21.9. The van der Waals surface area contributed by atoms with Crippen LogP contribution in [0.3, 0.4) is 0 Å². The zero-order valence-electron chi connectivity index (χ0n) is 8.95. The molecule has 1 aromatic rings. The summed E-state index contributed by atoms with van der Waals surface area (Å²) >= 11 is 0. The van der Waals surface area contributed by atoms with E-state index in [1.807, 2.05) is 6.07 Å². The highest BCUT2D eigenvalue weighted by Crippen LogP contribution is 2.31. The molecule has 1 saturated carbocycles. The fraction of sp³-hybridized carbons (Fsp3) is 0.500. The lowest BCUT2D eigenvalue weighted by molar-refractivity contribution is 0.206. The molecule has 0 heterocycles. The van der Waals surface area contributed by atoms with E-state index >= 15 is 0 Å². The Bertz CT molecular complexity index is 359. The largest absolute Gasteiger partial charge is 0.504 e. The van der Waals surface area contributed by atoms with E-state index in [1.54, 1.807) is 6.07 Å². The number of rotatable bonds is 3. The SMILES string of the molecule is CC1(NCc2ccc(O)c(O)c2)CCC1.